The number of anilines is 1. The predicted octanol–water partition coefficient (Wildman–Crippen LogP) is 0.385. The van der Waals surface area contributed by atoms with E-state index in [0.717, 1.165) is 31.7 Å². The molecule has 6 nitrogen and oxygen atoms in total. The summed E-state index contributed by atoms with van der Waals surface area (Å²) < 4.78 is 0. The first-order chi connectivity index (χ1) is 10.2. The Morgan fingerprint density at radius 1 is 1.19 bits per heavy atom. The third-order valence-corrected chi connectivity index (χ3v) is 4.35. The fourth-order valence-electron chi connectivity index (χ4n) is 3.18. The quantitative estimate of drug-likeness (QED) is 0.853. The molecule has 114 valence electrons. The molecule has 0 spiro atoms. The van der Waals surface area contributed by atoms with Gasteiger partial charge in [-0.05, 0) is 32.6 Å². The lowest BCUT2D eigenvalue weighted by molar-refractivity contribution is -0.139. The van der Waals surface area contributed by atoms with Crippen molar-refractivity contribution in [2.75, 3.05) is 31.1 Å². The van der Waals surface area contributed by atoms with Gasteiger partial charge in [-0.25, -0.2) is 9.97 Å². The number of carbonyl (C=O) groups excluding carboxylic acids is 1. The molecule has 1 aliphatic carbocycles. The fraction of sp³-hybridized carbons (Fsp3) is 0.667. The van der Waals surface area contributed by atoms with Crippen molar-refractivity contribution < 1.29 is 9.90 Å². The second kappa shape index (κ2) is 5.97. The number of hydrogen-bond donors (Lipinski definition) is 1. The second-order valence-electron chi connectivity index (χ2n) is 5.82. The van der Waals surface area contributed by atoms with Crippen LogP contribution in [0.4, 0.5) is 5.82 Å². The van der Waals surface area contributed by atoms with Crippen LogP contribution < -0.4 is 4.90 Å². The molecule has 0 bridgehead atoms. The summed E-state index contributed by atoms with van der Waals surface area (Å²) in [6.07, 6.45) is 5.26. The van der Waals surface area contributed by atoms with E-state index in [1.54, 1.807) is 11.2 Å². The van der Waals surface area contributed by atoms with Crippen molar-refractivity contribution >= 4 is 11.7 Å². The monoisotopic (exact) mass is 290 g/mol. The summed E-state index contributed by atoms with van der Waals surface area (Å²) in [7, 11) is 0. The molecule has 0 saturated carbocycles. The van der Waals surface area contributed by atoms with Gasteiger partial charge in [0.1, 0.15) is 18.2 Å². The van der Waals surface area contributed by atoms with Crippen LogP contribution in [0.25, 0.3) is 0 Å². The highest BCUT2D eigenvalue weighted by Crippen LogP contribution is 2.27. The first-order valence-electron chi connectivity index (χ1n) is 7.71. The SMILES string of the molecule is CC(O)C(=O)N1CCN(c2ncnc3c2CCCC3)CC1. The molecule has 1 unspecified atom stereocenters. The topological polar surface area (TPSA) is 69.6 Å². The zero-order chi connectivity index (χ0) is 14.8. The first-order valence-corrected chi connectivity index (χ1v) is 7.71. The third kappa shape index (κ3) is 2.85. The van der Waals surface area contributed by atoms with Gasteiger partial charge in [0.2, 0.25) is 0 Å². The number of aryl methyl sites for hydroxylation is 1. The maximum Gasteiger partial charge on any atom is 0.251 e. The van der Waals surface area contributed by atoms with Gasteiger partial charge in [0, 0.05) is 37.4 Å². The van der Waals surface area contributed by atoms with Crippen LogP contribution in [-0.2, 0) is 17.6 Å². The van der Waals surface area contributed by atoms with Crippen LogP contribution in [0.2, 0.25) is 0 Å². The first kappa shape index (κ1) is 14.3. The van der Waals surface area contributed by atoms with Crippen LogP contribution in [0.15, 0.2) is 6.33 Å². The lowest BCUT2D eigenvalue weighted by atomic mass is 9.96. The van der Waals surface area contributed by atoms with E-state index in [1.165, 1.54) is 31.0 Å². The Labute approximate surface area is 124 Å². The Morgan fingerprint density at radius 3 is 2.62 bits per heavy atom. The fourth-order valence-corrected chi connectivity index (χ4v) is 3.18. The van der Waals surface area contributed by atoms with Crippen molar-refractivity contribution in [1.29, 1.82) is 0 Å². The molecule has 0 radical (unpaired) electrons. The molecule has 2 aliphatic rings. The molecule has 1 N–H and O–H groups in total. The minimum atomic E-state index is -0.914. The van der Waals surface area contributed by atoms with Gasteiger partial charge in [-0.1, -0.05) is 0 Å². The Balaban J connectivity index is 1.71. The van der Waals surface area contributed by atoms with Gasteiger partial charge in [-0.2, -0.15) is 0 Å². The Bertz CT molecular complexity index is 524. The van der Waals surface area contributed by atoms with Crippen molar-refractivity contribution in [1.82, 2.24) is 14.9 Å². The molecular weight excluding hydrogens is 268 g/mol. The predicted molar refractivity (Wildman–Crippen MR) is 79.1 cm³/mol. The molecule has 1 aliphatic heterocycles. The van der Waals surface area contributed by atoms with Gasteiger partial charge in [0.05, 0.1) is 0 Å². The molecule has 1 aromatic rings. The van der Waals surface area contributed by atoms with Crippen LogP contribution in [-0.4, -0.2) is 58.2 Å². The minimum Gasteiger partial charge on any atom is -0.384 e. The van der Waals surface area contributed by atoms with Gasteiger partial charge in [-0.15, -0.1) is 0 Å². The van der Waals surface area contributed by atoms with Gasteiger partial charge >= 0.3 is 0 Å². The van der Waals surface area contributed by atoms with Crippen molar-refractivity contribution in [2.24, 2.45) is 0 Å². The van der Waals surface area contributed by atoms with E-state index in [2.05, 4.69) is 14.9 Å². The zero-order valence-electron chi connectivity index (χ0n) is 12.5. The molecule has 1 atom stereocenters. The molecule has 1 saturated heterocycles. The summed E-state index contributed by atoms with van der Waals surface area (Å²) >= 11 is 0. The molecular formula is C15H22N4O2. The normalized spacial score (nSPS) is 20.1. The van der Waals surface area contributed by atoms with Crippen molar-refractivity contribution in [2.45, 2.75) is 38.7 Å². The molecule has 1 amide bonds. The number of carbonyl (C=O) groups is 1. The third-order valence-electron chi connectivity index (χ3n) is 4.35. The number of hydrogen-bond acceptors (Lipinski definition) is 5. The number of aliphatic hydroxyl groups excluding tert-OH is 1. The Hall–Kier alpha value is -1.69. The van der Waals surface area contributed by atoms with Gasteiger partial charge < -0.3 is 14.9 Å². The van der Waals surface area contributed by atoms with E-state index in [1.807, 2.05) is 0 Å². The van der Waals surface area contributed by atoms with E-state index in [4.69, 9.17) is 0 Å². The molecule has 2 heterocycles. The molecule has 3 rings (SSSR count). The van der Waals surface area contributed by atoms with Gasteiger partial charge in [0.25, 0.3) is 5.91 Å². The number of amides is 1. The molecule has 1 aromatic heterocycles. The van der Waals surface area contributed by atoms with Crippen LogP contribution in [0.1, 0.15) is 31.0 Å². The molecule has 0 aromatic carbocycles. The highest BCUT2D eigenvalue weighted by molar-refractivity contribution is 5.80. The maximum atomic E-state index is 11.8. The number of rotatable bonds is 2. The van der Waals surface area contributed by atoms with Crippen molar-refractivity contribution in [3.8, 4) is 0 Å². The number of piperazine rings is 1. The van der Waals surface area contributed by atoms with Gasteiger partial charge in [0.15, 0.2) is 0 Å². The Morgan fingerprint density at radius 2 is 1.90 bits per heavy atom. The molecule has 21 heavy (non-hydrogen) atoms. The smallest absolute Gasteiger partial charge is 0.251 e. The second-order valence-corrected chi connectivity index (χ2v) is 5.82. The summed E-state index contributed by atoms with van der Waals surface area (Å²) in [5, 5.41) is 9.39. The maximum absolute atomic E-state index is 11.8. The van der Waals surface area contributed by atoms with E-state index in [9.17, 15) is 9.90 Å². The highest BCUT2D eigenvalue weighted by Gasteiger charge is 2.26. The lowest BCUT2D eigenvalue weighted by Gasteiger charge is -2.37. The average Bonchev–Trinajstić information content (AvgIpc) is 2.53. The molecule has 6 heteroatoms. The zero-order valence-corrected chi connectivity index (χ0v) is 12.5. The highest BCUT2D eigenvalue weighted by atomic mass is 16.3. The van der Waals surface area contributed by atoms with E-state index in [-0.39, 0.29) is 5.91 Å². The largest absolute Gasteiger partial charge is 0.384 e. The van der Waals surface area contributed by atoms with Crippen LogP contribution >= 0.6 is 0 Å². The number of aromatic nitrogens is 2. The molecule has 1 fully saturated rings. The van der Waals surface area contributed by atoms with Crippen LogP contribution in [0.5, 0.6) is 0 Å². The lowest BCUT2D eigenvalue weighted by Crippen LogP contribution is -2.51. The summed E-state index contributed by atoms with van der Waals surface area (Å²) in [5.41, 5.74) is 2.48. The van der Waals surface area contributed by atoms with E-state index < -0.39 is 6.10 Å². The van der Waals surface area contributed by atoms with Gasteiger partial charge in [-0.3, -0.25) is 4.79 Å². The number of nitrogens with zero attached hydrogens (tertiary/aromatic N) is 4. The standard InChI is InChI=1S/C15H22N4O2/c1-11(20)15(21)19-8-6-18(7-9-19)14-12-4-2-3-5-13(12)16-10-17-14/h10-11,20H,2-9H2,1H3. The van der Waals surface area contributed by atoms with Crippen molar-refractivity contribution in [3.05, 3.63) is 17.6 Å². The summed E-state index contributed by atoms with van der Waals surface area (Å²) in [6, 6.07) is 0. The van der Waals surface area contributed by atoms with E-state index in [0.29, 0.717) is 13.1 Å². The summed E-state index contributed by atoms with van der Waals surface area (Å²) in [5.74, 6) is 0.864. The van der Waals surface area contributed by atoms with Crippen LogP contribution in [0, 0.1) is 0 Å². The van der Waals surface area contributed by atoms with E-state index >= 15 is 0 Å². The number of aliphatic hydroxyl groups is 1. The van der Waals surface area contributed by atoms with Crippen LogP contribution in [0.3, 0.4) is 0 Å². The number of fused-ring (bicyclic) bond motifs is 1. The summed E-state index contributed by atoms with van der Waals surface area (Å²) in [4.78, 5) is 24.7. The average molecular weight is 290 g/mol. The van der Waals surface area contributed by atoms with Crippen molar-refractivity contribution in [3.63, 3.8) is 0 Å². The summed E-state index contributed by atoms with van der Waals surface area (Å²) in [6.45, 7) is 4.34. The Kier molecular flexibility index (Phi) is 4.05. The minimum absolute atomic E-state index is 0.181.